The molecule has 17 N–H and O–H groups in total. The van der Waals surface area contributed by atoms with Crippen molar-refractivity contribution in [1.82, 2.24) is 10.6 Å². The number of rotatable bonds is 15. The van der Waals surface area contributed by atoms with Gasteiger partial charge in [0.15, 0.2) is 31.5 Å². The van der Waals surface area contributed by atoms with E-state index in [0.29, 0.717) is 0 Å². The molecule has 0 saturated carbocycles. The van der Waals surface area contributed by atoms with Crippen molar-refractivity contribution in [2.45, 2.75) is 167 Å². The molecule has 0 spiro atoms. The Morgan fingerprint density at radius 1 is 0.419 bits per heavy atom. The first kappa shape index (κ1) is 51.0. The zero-order valence-corrected chi connectivity index (χ0v) is 33.2. The zero-order chi connectivity index (χ0) is 45.9. The summed E-state index contributed by atoms with van der Waals surface area (Å²) in [5, 5.41) is 163. The van der Waals surface area contributed by atoms with E-state index >= 15 is 0 Å². The highest BCUT2D eigenvalue weighted by Gasteiger charge is 2.56. The van der Waals surface area contributed by atoms with E-state index in [1.165, 1.54) is 0 Å². The summed E-state index contributed by atoms with van der Waals surface area (Å²) in [5.74, 6) is -1.49. The van der Waals surface area contributed by atoms with E-state index in [-0.39, 0.29) is 0 Å². The molecular formula is C34H58N2O26. The van der Waals surface area contributed by atoms with Crippen molar-refractivity contribution in [3.8, 4) is 0 Å². The Morgan fingerprint density at radius 3 is 1.35 bits per heavy atom. The van der Waals surface area contributed by atoms with Gasteiger partial charge in [0, 0.05) is 13.8 Å². The van der Waals surface area contributed by atoms with Crippen LogP contribution in [0, 0.1) is 0 Å². The van der Waals surface area contributed by atoms with Crippen LogP contribution in [0.4, 0.5) is 0 Å². The smallest absolute Gasteiger partial charge is 0.217 e. The number of amides is 2. The van der Waals surface area contributed by atoms with E-state index < -0.39 is 198 Å². The summed E-state index contributed by atoms with van der Waals surface area (Å²) in [7, 11) is 0. The number of nitrogens with one attached hydrogen (secondary N) is 2. The lowest BCUT2D eigenvalue weighted by atomic mass is 9.94. The van der Waals surface area contributed by atoms with E-state index in [9.17, 15) is 86.2 Å². The lowest BCUT2D eigenvalue weighted by Gasteiger charge is -2.50. The average Bonchev–Trinajstić information content (AvgIpc) is 3.23. The fourth-order valence-electron chi connectivity index (χ4n) is 7.73. The molecule has 0 radical (unpaired) electrons. The van der Waals surface area contributed by atoms with Gasteiger partial charge in [0.25, 0.3) is 0 Å². The molecule has 0 aromatic carbocycles. The maximum atomic E-state index is 12.4. The van der Waals surface area contributed by atoms with Crippen LogP contribution in [0.3, 0.4) is 0 Å². The Balaban J connectivity index is 1.41. The molecule has 2 amide bonds. The molecule has 0 aromatic heterocycles. The van der Waals surface area contributed by atoms with Crippen LogP contribution in [0.5, 0.6) is 0 Å². The van der Waals surface area contributed by atoms with Gasteiger partial charge in [0.05, 0.1) is 33.0 Å². The van der Waals surface area contributed by atoms with Gasteiger partial charge in [-0.3, -0.25) is 9.59 Å². The summed E-state index contributed by atoms with van der Waals surface area (Å²) >= 11 is 0. The van der Waals surface area contributed by atoms with Gasteiger partial charge >= 0.3 is 0 Å². The lowest BCUT2D eigenvalue weighted by molar-refractivity contribution is -0.384. The fraction of sp³-hybridized carbons (Fsp3) is 0.941. The Kier molecular flexibility index (Phi) is 18.1. The first-order valence-electron chi connectivity index (χ1n) is 19.6. The van der Waals surface area contributed by atoms with Crippen molar-refractivity contribution in [2.75, 3.05) is 33.0 Å². The van der Waals surface area contributed by atoms with Crippen molar-refractivity contribution in [3.63, 3.8) is 0 Å². The number of carbonyl (C=O) groups is 2. The molecule has 0 bridgehead atoms. The minimum absolute atomic E-state index is 0.693. The van der Waals surface area contributed by atoms with Gasteiger partial charge in [0.2, 0.25) is 11.8 Å². The normalized spacial score (nSPS) is 49.0. The molecule has 25 atom stereocenters. The molecule has 360 valence electrons. The predicted octanol–water partition coefficient (Wildman–Crippen LogP) is -11.6. The van der Waals surface area contributed by atoms with Crippen molar-refractivity contribution in [3.05, 3.63) is 0 Å². The quantitative estimate of drug-likeness (QED) is 0.0725. The van der Waals surface area contributed by atoms with Gasteiger partial charge in [-0.25, -0.2) is 0 Å². The number of aliphatic hydroxyl groups excluding tert-OH is 15. The van der Waals surface area contributed by atoms with Crippen LogP contribution in [0.2, 0.25) is 0 Å². The highest BCUT2D eigenvalue weighted by atomic mass is 16.8. The van der Waals surface area contributed by atoms with Crippen LogP contribution in [-0.4, -0.2) is 275 Å². The Labute approximate surface area is 351 Å². The summed E-state index contributed by atoms with van der Waals surface area (Å²) < 4.78 is 50.8. The minimum atomic E-state index is -2.18. The summed E-state index contributed by atoms with van der Waals surface area (Å²) in [4.78, 5) is 24.2. The number of hydrogen-bond donors (Lipinski definition) is 17. The standard InChI is InChI=1S/C34H58N2O26/c1-8(41)35-15-20(46)27(12(5-39)55-30(15)53)60-31-16(36-9(2)42)21(47)28(13(6-40)58-31)61-34-26(52)29(62-33-25(51)23(49)18(44)11(4-38)57-33)19(45)14(59-34)7-54-32-24(50)22(48)17(43)10(3-37)56-32/h10-34,37-40,43-53H,3-7H2,1-2H3,(H,35,41)(H,36,42)/t10-,11-,12-,13-,14-,15-,16-,17-,18-,19-,20-,21-,22+,23+,24+,25+,26+,27-,28-,29+,30+,31+,32+,33-,34-/m1/s1. The van der Waals surface area contributed by atoms with Crippen LogP contribution in [0.25, 0.3) is 0 Å². The van der Waals surface area contributed by atoms with Crippen LogP contribution >= 0.6 is 0 Å². The van der Waals surface area contributed by atoms with Crippen molar-refractivity contribution >= 4 is 11.8 Å². The molecule has 0 aromatic rings. The maximum Gasteiger partial charge on any atom is 0.217 e. The SMILES string of the molecule is CC(=O)N[C@@H]1[C@@H](O)[C@H](O[C@@H]2O[C@H](CO)[C@@H](O[C@H]3O[C@H](CO[C@H]4O[C@H](CO)[C@@H](O)[C@H](O)[C@@H]4O)[C@@H](O)[C@H](O[C@H]4O[C@H](CO)[C@@H](O)[C@H](O)[C@@H]4O)[C@@H]3O)[C@H](O)[C@H]2NC(C)=O)[C@@H](CO)O[C@@H]1O. The van der Waals surface area contributed by atoms with Gasteiger partial charge in [-0.2, -0.15) is 0 Å². The molecular weight excluding hydrogens is 852 g/mol. The van der Waals surface area contributed by atoms with E-state index in [0.717, 1.165) is 13.8 Å². The summed E-state index contributed by atoms with van der Waals surface area (Å²) in [6.45, 7) is -2.31. The van der Waals surface area contributed by atoms with Crippen molar-refractivity contribution < 1.29 is 129 Å². The fourth-order valence-corrected chi connectivity index (χ4v) is 7.73. The van der Waals surface area contributed by atoms with Gasteiger partial charge in [-0.05, 0) is 0 Å². The third-order valence-electron chi connectivity index (χ3n) is 11.1. The van der Waals surface area contributed by atoms with Crippen LogP contribution < -0.4 is 10.6 Å². The predicted molar refractivity (Wildman–Crippen MR) is 190 cm³/mol. The third-order valence-corrected chi connectivity index (χ3v) is 11.1. The molecule has 62 heavy (non-hydrogen) atoms. The van der Waals surface area contributed by atoms with E-state index in [4.69, 9.17) is 42.6 Å². The highest BCUT2D eigenvalue weighted by molar-refractivity contribution is 5.73. The van der Waals surface area contributed by atoms with Gasteiger partial charge in [0.1, 0.15) is 122 Å². The summed E-state index contributed by atoms with van der Waals surface area (Å²) in [6.07, 6.45) is -42.3. The largest absolute Gasteiger partial charge is 0.394 e. The number of aliphatic hydroxyl groups is 15. The number of ether oxygens (including phenoxy) is 9. The van der Waals surface area contributed by atoms with Crippen LogP contribution in [0.1, 0.15) is 13.8 Å². The Hall–Kier alpha value is -2.02. The Morgan fingerprint density at radius 2 is 0.823 bits per heavy atom. The van der Waals surface area contributed by atoms with Crippen molar-refractivity contribution in [1.29, 1.82) is 0 Å². The molecule has 5 saturated heterocycles. The van der Waals surface area contributed by atoms with Crippen molar-refractivity contribution in [2.24, 2.45) is 0 Å². The molecule has 28 nitrogen and oxygen atoms in total. The number of carbonyl (C=O) groups excluding carboxylic acids is 2. The van der Waals surface area contributed by atoms with Gasteiger partial charge < -0.3 is 130 Å². The lowest BCUT2D eigenvalue weighted by Crippen LogP contribution is -2.70. The second-order valence-electron chi connectivity index (χ2n) is 15.5. The first-order valence-corrected chi connectivity index (χ1v) is 19.6. The van der Waals surface area contributed by atoms with Crippen LogP contribution in [-0.2, 0) is 52.2 Å². The minimum Gasteiger partial charge on any atom is -0.394 e. The average molecular weight is 911 g/mol. The molecule has 28 heteroatoms. The highest BCUT2D eigenvalue weighted by Crippen LogP contribution is 2.35. The topological polar surface area (TPSA) is 445 Å². The van der Waals surface area contributed by atoms with Gasteiger partial charge in [-0.15, -0.1) is 0 Å². The molecule has 5 fully saturated rings. The molecule has 5 heterocycles. The monoisotopic (exact) mass is 910 g/mol. The third kappa shape index (κ3) is 11.0. The second-order valence-corrected chi connectivity index (χ2v) is 15.5. The molecule has 5 aliphatic heterocycles. The molecule has 5 aliphatic rings. The number of hydrogen-bond acceptors (Lipinski definition) is 26. The van der Waals surface area contributed by atoms with Crippen LogP contribution in [0.15, 0.2) is 0 Å². The van der Waals surface area contributed by atoms with Gasteiger partial charge in [-0.1, -0.05) is 0 Å². The maximum absolute atomic E-state index is 12.4. The molecule has 0 unspecified atom stereocenters. The Bertz CT molecular complexity index is 1440. The molecule has 0 aliphatic carbocycles. The van der Waals surface area contributed by atoms with E-state index in [1.807, 2.05) is 0 Å². The zero-order valence-electron chi connectivity index (χ0n) is 33.2. The van der Waals surface area contributed by atoms with E-state index in [1.54, 1.807) is 0 Å². The first-order chi connectivity index (χ1) is 29.3. The summed E-state index contributed by atoms with van der Waals surface area (Å²) in [5.41, 5.74) is 0. The van der Waals surface area contributed by atoms with E-state index in [2.05, 4.69) is 10.6 Å². The molecule has 5 rings (SSSR count). The summed E-state index contributed by atoms with van der Waals surface area (Å²) in [6, 6.07) is -3.19. The second kappa shape index (κ2) is 22.0.